The van der Waals surface area contributed by atoms with Crippen LogP contribution in [0.1, 0.15) is 25.0 Å². The quantitative estimate of drug-likeness (QED) is 0.864. The maximum Gasteiger partial charge on any atom is 0.0802 e. The molecule has 3 heteroatoms. The molecule has 1 aromatic rings. The van der Waals surface area contributed by atoms with Crippen LogP contribution in [0.15, 0.2) is 30.3 Å². The minimum Gasteiger partial charge on any atom is -0.388 e. The summed E-state index contributed by atoms with van der Waals surface area (Å²) in [6.45, 7) is 5.70. The third-order valence-corrected chi connectivity index (χ3v) is 3.38. The Balaban J connectivity index is 1.81. The highest BCUT2D eigenvalue weighted by Crippen LogP contribution is 2.17. The van der Waals surface area contributed by atoms with Crippen LogP contribution >= 0.6 is 0 Å². The van der Waals surface area contributed by atoms with Crippen LogP contribution in [0.25, 0.3) is 0 Å². The summed E-state index contributed by atoms with van der Waals surface area (Å²) in [5, 5.41) is 10.1. The van der Waals surface area contributed by atoms with Gasteiger partial charge in [-0.25, -0.2) is 0 Å². The second kappa shape index (κ2) is 6.15. The third-order valence-electron chi connectivity index (χ3n) is 3.38. The van der Waals surface area contributed by atoms with Crippen LogP contribution in [0, 0.1) is 0 Å². The lowest BCUT2D eigenvalue weighted by molar-refractivity contribution is -0.00639. The molecule has 0 aliphatic carbocycles. The largest absolute Gasteiger partial charge is 0.388 e. The normalized spacial score (nSPS) is 23.5. The van der Waals surface area contributed by atoms with Crippen molar-refractivity contribution in [2.24, 2.45) is 0 Å². The molecule has 2 rings (SSSR count). The van der Waals surface area contributed by atoms with E-state index < -0.39 is 0 Å². The SMILES string of the molecule is CC1COCCN1CCC(O)c1ccccc1. The molecule has 0 amide bonds. The molecule has 1 aliphatic heterocycles. The molecule has 1 fully saturated rings. The topological polar surface area (TPSA) is 32.7 Å². The van der Waals surface area contributed by atoms with Crippen molar-refractivity contribution in [3.63, 3.8) is 0 Å². The van der Waals surface area contributed by atoms with Crippen LogP contribution in [0.4, 0.5) is 0 Å². The number of benzene rings is 1. The molecule has 17 heavy (non-hydrogen) atoms. The van der Waals surface area contributed by atoms with Gasteiger partial charge in [0.05, 0.1) is 19.3 Å². The summed E-state index contributed by atoms with van der Waals surface area (Å²) >= 11 is 0. The highest BCUT2D eigenvalue weighted by Gasteiger charge is 2.19. The summed E-state index contributed by atoms with van der Waals surface area (Å²) in [4.78, 5) is 2.38. The fourth-order valence-corrected chi connectivity index (χ4v) is 2.22. The van der Waals surface area contributed by atoms with Crippen molar-refractivity contribution in [1.29, 1.82) is 0 Å². The first-order valence-electron chi connectivity index (χ1n) is 6.32. The minimum absolute atomic E-state index is 0.355. The first-order chi connectivity index (χ1) is 8.27. The summed E-state index contributed by atoms with van der Waals surface area (Å²) in [5.74, 6) is 0. The second-order valence-electron chi connectivity index (χ2n) is 4.68. The molecule has 0 aromatic heterocycles. The number of rotatable bonds is 4. The molecule has 94 valence electrons. The summed E-state index contributed by atoms with van der Waals surface area (Å²) in [5.41, 5.74) is 1.01. The Bertz CT molecular complexity index is 328. The maximum absolute atomic E-state index is 10.1. The van der Waals surface area contributed by atoms with E-state index in [0.717, 1.165) is 38.3 Å². The van der Waals surface area contributed by atoms with Gasteiger partial charge in [0.2, 0.25) is 0 Å². The monoisotopic (exact) mass is 235 g/mol. The molecule has 0 spiro atoms. The Morgan fingerprint density at radius 2 is 2.18 bits per heavy atom. The van der Waals surface area contributed by atoms with Crippen molar-refractivity contribution < 1.29 is 9.84 Å². The van der Waals surface area contributed by atoms with Crippen molar-refractivity contribution in [3.8, 4) is 0 Å². The smallest absolute Gasteiger partial charge is 0.0802 e. The number of hydrogen-bond acceptors (Lipinski definition) is 3. The number of aliphatic hydroxyl groups excluding tert-OH is 1. The van der Waals surface area contributed by atoms with Gasteiger partial charge >= 0.3 is 0 Å². The number of ether oxygens (including phenoxy) is 1. The lowest BCUT2D eigenvalue weighted by Crippen LogP contribution is -2.44. The van der Waals surface area contributed by atoms with Gasteiger partial charge < -0.3 is 9.84 Å². The second-order valence-corrected chi connectivity index (χ2v) is 4.68. The fourth-order valence-electron chi connectivity index (χ4n) is 2.22. The van der Waals surface area contributed by atoms with E-state index in [0.29, 0.717) is 6.04 Å². The van der Waals surface area contributed by atoms with E-state index in [1.807, 2.05) is 30.3 Å². The molecule has 2 unspecified atom stereocenters. The number of morpholine rings is 1. The van der Waals surface area contributed by atoms with Gasteiger partial charge in [-0.1, -0.05) is 30.3 Å². The average molecular weight is 235 g/mol. The standard InChI is InChI=1S/C14H21NO2/c1-12-11-17-10-9-15(12)8-7-14(16)13-5-3-2-4-6-13/h2-6,12,14,16H,7-11H2,1H3. The zero-order chi connectivity index (χ0) is 12.1. The van der Waals surface area contributed by atoms with Crippen LogP contribution in [-0.4, -0.2) is 42.4 Å². The van der Waals surface area contributed by atoms with Crippen LogP contribution in [0.5, 0.6) is 0 Å². The van der Waals surface area contributed by atoms with Gasteiger partial charge in [-0.05, 0) is 18.9 Å². The van der Waals surface area contributed by atoms with Crippen molar-refractivity contribution in [3.05, 3.63) is 35.9 Å². The zero-order valence-electron chi connectivity index (χ0n) is 10.4. The minimum atomic E-state index is -0.355. The summed E-state index contributed by atoms with van der Waals surface area (Å²) in [6, 6.07) is 10.3. The number of nitrogens with zero attached hydrogens (tertiary/aromatic N) is 1. The predicted octanol–water partition coefficient (Wildman–Crippen LogP) is 1.83. The molecule has 0 radical (unpaired) electrons. The highest BCUT2D eigenvalue weighted by atomic mass is 16.5. The van der Waals surface area contributed by atoms with E-state index in [-0.39, 0.29) is 6.10 Å². The number of hydrogen-bond donors (Lipinski definition) is 1. The average Bonchev–Trinajstić information content (AvgIpc) is 2.38. The molecule has 1 aromatic carbocycles. The summed E-state index contributed by atoms with van der Waals surface area (Å²) < 4.78 is 5.40. The van der Waals surface area contributed by atoms with Gasteiger partial charge in [-0.15, -0.1) is 0 Å². The van der Waals surface area contributed by atoms with Gasteiger partial charge in [0, 0.05) is 19.1 Å². The molecular formula is C14H21NO2. The predicted molar refractivity (Wildman–Crippen MR) is 67.9 cm³/mol. The van der Waals surface area contributed by atoms with Crippen molar-refractivity contribution in [2.45, 2.75) is 25.5 Å². The highest BCUT2D eigenvalue weighted by molar-refractivity contribution is 5.17. The fraction of sp³-hybridized carbons (Fsp3) is 0.571. The van der Waals surface area contributed by atoms with Crippen LogP contribution < -0.4 is 0 Å². The first kappa shape index (κ1) is 12.6. The van der Waals surface area contributed by atoms with Gasteiger partial charge in [0.15, 0.2) is 0 Å². The van der Waals surface area contributed by atoms with Gasteiger partial charge in [0.25, 0.3) is 0 Å². The molecule has 2 atom stereocenters. The molecular weight excluding hydrogens is 214 g/mol. The van der Waals surface area contributed by atoms with E-state index in [9.17, 15) is 5.11 Å². The molecule has 1 aliphatic rings. The molecule has 0 saturated carbocycles. The molecule has 1 saturated heterocycles. The van der Waals surface area contributed by atoms with Crippen LogP contribution in [0.2, 0.25) is 0 Å². The van der Waals surface area contributed by atoms with E-state index in [2.05, 4.69) is 11.8 Å². The Kier molecular flexibility index (Phi) is 4.54. The number of aliphatic hydroxyl groups is 1. The van der Waals surface area contributed by atoms with Crippen molar-refractivity contribution >= 4 is 0 Å². The Labute approximate surface area is 103 Å². The zero-order valence-corrected chi connectivity index (χ0v) is 10.4. The van der Waals surface area contributed by atoms with E-state index in [4.69, 9.17) is 4.74 Å². The van der Waals surface area contributed by atoms with Crippen LogP contribution in [0.3, 0.4) is 0 Å². The van der Waals surface area contributed by atoms with Gasteiger partial charge in [-0.3, -0.25) is 4.90 Å². The molecule has 0 bridgehead atoms. The van der Waals surface area contributed by atoms with Gasteiger partial charge in [0.1, 0.15) is 0 Å². The molecule has 1 N–H and O–H groups in total. The summed E-state index contributed by atoms with van der Waals surface area (Å²) in [6.07, 6.45) is 0.431. The summed E-state index contributed by atoms with van der Waals surface area (Å²) in [7, 11) is 0. The van der Waals surface area contributed by atoms with Crippen LogP contribution in [-0.2, 0) is 4.74 Å². The molecule has 1 heterocycles. The van der Waals surface area contributed by atoms with E-state index in [1.54, 1.807) is 0 Å². The van der Waals surface area contributed by atoms with Crippen molar-refractivity contribution in [2.75, 3.05) is 26.3 Å². The van der Waals surface area contributed by atoms with Crippen molar-refractivity contribution in [1.82, 2.24) is 4.90 Å². The lowest BCUT2D eigenvalue weighted by atomic mass is 10.1. The Hall–Kier alpha value is -0.900. The molecule has 3 nitrogen and oxygen atoms in total. The third kappa shape index (κ3) is 3.53. The lowest BCUT2D eigenvalue weighted by Gasteiger charge is -2.33. The Morgan fingerprint density at radius 1 is 1.41 bits per heavy atom. The van der Waals surface area contributed by atoms with Gasteiger partial charge in [-0.2, -0.15) is 0 Å². The maximum atomic E-state index is 10.1. The van der Waals surface area contributed by atoms with E-state index in [1.165, 1.54) is 0 Å². The van der Waals surface area contributed by atoms with E-state index >= 15 is 0 Å². The Morgan fingerprint density at radius 3 is 2.88 bits per heavy atom. The first-order valence-corrected chi connectivity index (χ1v) is 6.32.